The number of imide groups is 1. The Kier molecular flexibility index (Phi) is 5.08. The van der Waals surface area contributed by atoms with E-state index in [4.69, 9.17) is 16.3 Å². The monoisotopic (exact) mass is 431 g/mol. The van der Waals surface area contributed by atoms with Crippen molar-refractivity contribution in [2.24, 2.45) is 10.3 Å². The summed E-state index contributed by atoms with van der Waals surface area (Å²) in [4.78, 5) is 39.0. The van der Waals surface area contributed by atoms with E-state index in [2.05, 4.69) is 15.7 Å². The van der Waals surface area contributed by atoms with E-state index < -0.39 is 35.6 Å². The number of benzene rings is 2. The molecule has 1 saturated heterocycles. The van der Waals surface area contributed by atoms with Crippen LogP contribution in [0.3, 0.4) is 0 Å². The van der Waals surface area contributed by atoms with E-state index >= 15 is 0 Å². The molecule has 9 nitrogen and oxygen atoms in total. The van der Waals surface area contributed by atoms with Crippen LogP contribution in [0.1, 0.15) is 0 Å². The third kappa shape index (κ3) is 3.45. The molecule has 4 rings (SSSR count). The van der Waals surface area contributed by atoms with Crippen molar-refractivity contribution in [2.75, 3.05) is 23.9 Å². The fourth-order valence-corrected chi connectivity index (χ4v) is 3.57. The Hall–Kier alpha value is -3.53. The number of amides is 3. The third-order valence-corrected chi connectivity index (χ3v) is 4.96. The van der Waals surface area contributed by atoms with Gasteiger partial charge in [0.15, 0.2) is 12.1 Å². The predicted molar refractivity (Wildman–Crippen MR) is 105 cm³/mol. The van der Waals surface area contributed by atoms with E-state index in [-0.39, 0.29) is 22.9 Å². The van der Waals surface area contributed by atoms with Crippen molar-refractivity contribution >= 4 is 40.7 Å². The maximum atomic E-state index is 13.3. The lowest BCUT2D eigenvalue weighted by molar-refractivity contribution is -0.123. The van der Waals surface area contributed by atoms with Crippen molar-refractivity contribution in [3.63, 3.8) is 0 Å². The third-order valence-electron chi connectivity index (χ3n) is 4.67. The quantitative estimate of drug-likeness (QED) is 0.732. The first-order valence-corrected chi connectivity index (χ1v) is 9.21. The number of anilines is 2. The number of methoxy groups -OCH3 is 1. The molecule has 3 amide bonds. The van der Waals surface area contributed by atoms with E-state index in [9.17, 15) is 18.8 Å². The molecule has 154 valence electrons. The van der Waals surface area contributed by atoms with Gasteiger partial charge in [-0.3, -0.25) is 19.4 Å². The maximum Gasteiger partial charge on any atom is 0.263 e. The summed E-state index contributed by atoms with van der Waals surface area (Å²) in [5.41, 5.74) is 0.528. The summed E-state index contributed by atoms with van der Waals surface area (Å²) < 4.78 is 18.4. The van der Waals surface area contributed by atoms with Gasteiger partial charge in [-0.1, -0.05) is 22.9 Å². The number of halogens is 2. The second-order valence-electron chi connectivity index (χ2n) is 6.58. The summed E-state index contributed by atoms with van der Waals surface area (Å²) in [5.74, 6) is -1.78. The van der Waals surface area contributed by atoms with Crippen LogP contribution in [0, 0.1) is 5.82 Å². The molecule has 0 unspecified atom stereocenters. The van der Waals surface area contributed by atoms with Gasteiger partial charge < -0.3 is 10.1 Å². The number of hydrogen-bond donors (Lipinski definition) is 1. The van der Waals surface area contributed by atoms with Gasteiger partial charge in [-0.25, -0.2) is 9.29 Å². The zero-order valence-corrected chi connectivity index (χ0v) is 16.3. The summed E-state index contributed by atoms with van der Waals surface area (Å²) in [6.07, 6.45) is 0. The van der Waals surface area contributed by atoms with Gasteiger partial charge in [-0.2, -0.15) is 5.11 Å². The van der Waals surface area contributed by atoms with E-state index in [0.29, 0.717) is 5.75 Å². The SMILES string of the molecule is COc1ccc(N2C(=O)[C@@H]3N=NN(CC(=O)Nc4cccc(F)c4)[C@H]3C2=O)cc1Cl. The number of hydrogen-bond acceptors (Lipinski definition) is 7. The average Bonchev–Trinajstić information content (AvgIpc) is 3.21. The summed E-state index contributed by atoms with van der Waals surface area (Å²) in [6.45, 7) is -0.336. The van der Waals surface area contributed by atoms with Crippen molar-refractivity contribution in [3.05, 3.63) is 53.3 Å². The summed E-state index contributed by atoms with van der Waals surface area (Å²) in [5, 5.41) is 11.6. The van der Waals surface area contributed by atoms with Gasteiger partial charge in [-0.05, 0) is 36.4 Å². The molecule has 1 N–H and O–H groups in total. The molecule has 2 aliphatic rings. The Morgan fingerprint density at radius 2 is 2.03 bits per heavy atom. The minimum absolute atomic E-state index is 0.237. The molecule has 2 aromatic rings. The first kappa shape index (κ1) is 19.8. The van der Waals surface area contributed by atoms with Gasteiger partial charge in [0.25, 0.3) is 11.8 Å². The Morgan fingerprint density at radius 1 is 1.23 bits per heavy atom. The largest absolute Gasteiger partial charge is 0.495 e. The normalized spacial score (nSPS) is 20.0. The lowest BCUT2D eigenvalue weighted by Crippen LogP contribution is -2.43. The second-order valence-corrected chi connectivity index (χ2v) is 6.99. The lowest BCUT2D eigenvalue weighted by atomic mass is 10.1. The molecule has 0 aromatic heterocycles. The Balaban J connectivity index is 1.50. The highest BCUT2D eigenvalue weighted by Crippen LogP contribution is 2.35. The highest BCUT2D eigenvalue weighted by molar-refractivity contribution is 6.33. The highest BCUT2D eigenvalue weighted by Gasteiger charge is 2.55. The Bertz CT molecular complexity index is 1080. The van der Waals surface area contributed by atoms with Gasteiger partial charge in [0, 0.05) is 5.69 Å². The summed E-state index contributed by atoms with van der Waals surface area (Å²) >= 11 is 6.10. The van der Waals surface area contributed by atoms with Crippen molar-refractivity contribution in [2.45, 2.75) is 12.1 Å². The van der Waals surface area contributed by atoms with Crippen LogP contribution in [-0.4, -0.2) is 48.5 Å². The number of fused-ring (bicyclic) bond motifs is 1. The van der Waals surface area contributed by atoms with Gasteiger partial charge in [0.05, 0.1) is 17.8 Å². The molecule has 2 aliphatic heterocycles. The molecule has 0 saturated carbocycles. The second kappa shape index (κ2) is 7.71. The average molecular weight is 432 g/mol. The van der Waals surface area contributed by atoms with Gasteiger partial charge in [-0.15, -0.1) is 0 Å². The molecule has 0 bridgehead atoms. The van der Waals surface area contributed by atoms with Gasteiger partial charge in [0.2, 0.25) is 5.91 Å². The number of carbonyl (C=O) groups excluding carboxylic acids is 3. The molecule has 2 heterocycles. The molecule has 0 spiro atoms. The molecule has 1 fully saturated rings. The summed E-state index contributed by atoms with van der Waals surface area (Å²) in [7, 11) is 1.45. The fraction of sp³-hybridized carbons (Fsp3) is 0.211. The Labute approximate surface area is 175 Å². The molecule has 2 atom stereocenters. The van der Waals surface area contributed by atoms with Crippen molar-refractivity contribution in [1.82, 2.24) is 5.01 Å². The molecular formula is C19H15ClFN5O4. The molecule has 2 aromatic carbocycles. The molecule has 11 heteroatoms. The first-order chi connectivity index (χ1) is 14.4. The molecule has 30 heavy (non-hydrogen) atoms. The Morgan fingerprint density at radius 3 is 2.73 bits per heavy atom. The van der Waals surface area contributed by atoms with Crippen molar-refractivity contribution in [1.29, 1.82) is 0 Å². The van der Waals surface area contributed by atoms with E-state index in [1.54, 1.807) is 0 Å². The standard InChI is InChI=1S/C19H15ClFN5O4/c1-30-14-6-5-12(8-13(14)20)26-18(28)16-17(19(26)29)25(24-23-16)9-15(27)22-11-4-2-3-10(21)7-11/h2-8,16-17H,9H2,1H3,(H,22,27)/t16-,17-/m1/s1. The van der Waals surface area contributed by atoms with Crippen LogP contribution in [0.2, 0.25) is 5.02 Å². The number of ether oxygens (including phenoxy) is 1. The minimum Gasteiger partial charge on any atom is -0.495 e. The van der Waals surface area contributed by atoms with Crippen LogP contribution < -0.4 is 15.0 Å². The molecule has 0 aliphatic carbocycles. The van der Waals surface area contributed by atoms with E-state index in [0.717, 1.165) is 16.0 Å². The van der Waals surface area contributed by atoms with Crippen molar-refractivity contribution in [3.8, 4) is 5.75 Å². The van der Waals surface area contributed by atoms with Crippen LogP contribution >= 0.6 is 11.6 Å². The van der Waals surface area contributed by atoms with Crippen LogP contribution in [0.4, 0.5) is 15.8 Å². The van der Waals surface area contributed by atoms with E-state index in [1.165, 1.54) is 43.5 Å². The van der Waals surface area contributed by atoms with Crippen molar-refractivity contribution < 1.29 is 23.5 Å². The van der Waals surface area contributed by atoms with Gasteiger partial charge >= 0.3 is 0 Å². The first-order valence-electron chi connectivity index (χ1n) is 8.83. The minimum atomic E-state index is -1.06. The van der Waals surface area contributed by atoms with Crippen LogP contribution in [0.15, 0.2) is 52.8 Å². The number of carbonyl (C=O) groups is 3. The van der Waals surface area contributed by atoms with E-state index in [1.807, 2.05) is 0 Å². The van der Waals surface area contributed by atoms with Crippen LogP contribution in [-0.2, 0) is 14.4 Å². The number of rotatable bonds is 5. The van der Waals surface area contributed by atoms with Crippen LogP contribution in [0.5, 0.6) is 5.75 Å². The maximum absolute atomic E-state index is 13.3. The molecule has 0 radical (unpaired) electrons. The molecular weight excluding hydrogens is 417 g/mol. The zero-order valence-electron chi connectivity index (χ0n) is 15.6. The number of nitrogens with one attached hydrogen (secondary N) is 1. The topological polar surface area (TPSA) is 104 Å². The fourth-order valence-electron chi connectivity index (χ4n) is 3.32. The number of nitrogens with zero attached hydrogens (tertiary/aromatic N) is 4. The lowest BCUT2D eigenvalue weighted by Gasteiger charge is -2.20. The smallest absolute Gasteiger partial charge is 0.263 e. The van der Waals surface area contributed by atoms with Crippen LogP contribution in [0.25, 0.3) is 0 Å². The highest BCUT2D eigenvalue weighted by atomic mass is 35.5. The summed E-state index contributed by atoms with van der Waals surface area (Å²) in [6, 6.07) is 7.79. The zero-order chi connectivity index (χ0) is 21.4. The predicted octanol–water partition coefficient (Wildman–Crippen LogP) is 2.42. The van der Waals surface area contributed by atoms with Gasteiger partial charge in [0.1, 0.15) is 18.1 Å².